The van der Waals surface area contributed by atoms with Crippen molar-refractivity contribution in [3.8, 4) is 0 Å². The fourth-order valence-corrected chi connectivity index (χ4v) is 6.91. The Kier molecular flexibility index (Phi) is 4.59. The molecular formula is C21H24O11. The minimum atomic E-state index is -2.17. The van der Waals surface area contributed by atoms with Gasteiger partial charge in [0.2, 0.25) is 11.9 Å². The molecule has 0 aromatic heterocycles. The van der Waals surface area contributed by atoms with Crippen molar-refractivity contribution in [3.63, 3.8) is 0 Å². The van der Waals surface area contributed by atoms with Crippen molar-refractivity contribution in [2.75, 3.05) is 6.61 Å². The summed E-state index contributed by atoms with van der Waals surface area (Å²) in [5.74, 6) is -8.68. The van der Waals surface area contributed by atoms with Gasteiger partial charge in [-0.1, -0.05) is 6.08 Å². The van der Waals surface area contributed by atoms with Crippen molar-refractivity contribution in [2.45, 2.75) is 56.6 Å². The normalized spacial score (nSPS) is 50.7. The van der Waals surface area contributed by atoms with Crippen LogP contribution in [-0.4, -0.2) is 81.9 Å². The van der Waals surface area contributed by atoms with E-state index >= 15 is 0 Å². The van der Waals surface area contributed by atoms with Gasteiger partial charge in [0.1, 0.15) is 18.3 Å². The zero-order valence-electron chi connectivity index (χ0n) is 17.4. The first-order valence-corrected chi connectivity index (χ1v) is 10.5. The summed E-state index contributed by atoms with van der Waals surface area (Å²) in [5.41, 5.74) is -1.28. The van der Waals surface area contributed by atoms with Gasteiger partial charge in [0.05, 0.1) is 24.0 Å². The van der Waals surface area contributed by atoms with Crippen molar-refractivity contribution < 1.29 is 53.4 Å². The van der Waals surface area contributed by atoms with Crippen LogP contribution in [0, 0.1) is 29.1 Å². The van der Waals surface area contributed by atoms with E-state index in [9.17, 15) is 34.5 Å². The van der Waals surface area contributed by atoms with Crippen molar-refractivity contribution >= 4 is 23.7 Å². The molecule has 3 aliphatic carbocycles. The number of carbonyl (C=O) groups is 4. The summed E-state index contributed by atoms with van der Waals surface area (Å²) in [5, 5.41) is 33.2. The highest BCUT2D eigenvalue weighted by Gasteiger charge is 2.83. The molecule has 3 N–H and O–H groups in total. The number of carbonyl (C=O) groups excluding carboxylic acids is 4. The van der Waals surface area contributed by atoms with Crippen LogP contribution in [0.3, 0.4) is 0 Å². The molecule has 5 rings (SSSR count). The molecule has 32 heavy (non-hydrogen) atoms. The number of rotatable bonds is 2. The number of aliphatic hydroxyl groups excluding tert-OH is 3. The summed E-state index contributed by atoms with van der Waals surface area (Å²) in [6.45, 7) is 1.96. The second-order valence-electron chi connectivity index (χ2n) is 9.29. The third-order valence-electron chi connectivity index (χ3n) is 7.83. The van der Waals surface area contributed by atoms with Gasteiger partial charge in [-0.3, -0.25) is 14.4 Å². The maximum atomic E-state index is 12.9. The van der Waals surface area contributed by atoms with Gasteiger partial charge in [-0.2, -0.15) is 0 Å². The van der Waals surface area contributed by atoms with Gasteiger partial charge in [-0.05, 0) is 18.4 Å². The first-order chi connectivity index (χ1) is 15.0. The largest absolute Gasteiger partial charge is 0.459 e. The van der Waals surface area contributed by atoms with Crippen LogP contribution in [0.5, 0.6) is 0 Å². The predicted octanol–water partition coefficient (Wildman–Crippen LogP) is -1.78. The Balaban J connectivity index is 1.73. The molecule has 0 aromatic carbocycles. The SMILES string of the molecule is CC(=O)O[C@H]1C(=O)OC2CC3C=CC(=O)C(O)C3C3[C@@H](O)[C@H](O)[C@@]4(OC(C)=O)OC[C@@]23C14. The highest BCUT2D eigenvalue weighted by atomic mass is 16.7. The molecule has 2 heterocycles. The Labute approximate surface area is 182 Å². The first-order valence-electron chi connectivity index (χ1n) is 10.5. The number of hydrogen-bond donors (Lipinski definition) is 3. The molecule has 2 bridgehead atoms. The van der Waals surface area contributed by atoms with Crippen LogP contribution in [-0.2, 0) is 38.1 Å². The molecule has 2 aliphatic heterocycles. The summed E-state index contributed by atoms with van der Waals surface area (Å²) >= 11 is 0. The molecule has 11 heteroatoms. The van der Waals surface area contributed by atoms with Gasteiger partial charge in [-0.25, -0.2) is 4.79 Å². The molecule has 2 saturated heterocycles. The third kappa shape index (κ3) is 2.50. The Hall–Kier alpha value is -2.34. The zero-order valence-corrected chi connectivity index (χ0v) is 17.4. The maximum absolute atomic E-state index is 12.9. The van der Waals surface area contributed by atoms with Crippen molar-refractivity contribution in [1.82, 2.24) is 0 Å². The zero-order chi connectivity index (χ0) is 23.2. The van der Waals surface area contributed by atoms with Crippen LogP contribution in [0.2, 0.25) is 0 Å². The lowest BCUT2D eigenvalue weighted by Gasteiger charge is -2.63. The van der Waals surface area contributed by atoms with E-state index in [1.807, 2.05) is 0 Å². The fraction of sp³-hybridized carbons (Fsp3) is 0.714. The van der Waals surface area contributed by atoms with Crippen LogP contribution in [0.25, 0.3) is 0 Å². The molecule has 11 atom stereocenters. The van der Waals surface area contributed by atoms with Crippen molar-refractivity contribution in [2.24, 2.45) is 29.1 Å². The minimum absolute atomic E-state index is 0.208. The molecule has 4 fully saturated rings. The molecular weight excluding hydrogens is 428 g/mol. The monoisotopic (exact) mass is 452 g/mol. The smallest absolute Gasteiger partial charge is 0.348 e. The van der Waals surface area contributed by atoms with E-state index in [1.165, 1.54) is 6.08 Å². The van der Waals surface area contributed by atoms with Gasteiger partial charge >= 0.3 is 17.9 Å². The maximum Gasteiger partial charge on any atom is 0.348 e. The standard InChI is InChI=1S/C21H24O11/c1-7(22)30-16-17-20-6-29-21(17,32-8(2)23)18(27)15(26)13(20)12-9(3-4-10(24)14(12)25)5-11(20)31-19(16)28/h3-4,9,11-18,25-27H,5-6H2,1-2H3/t9?,11?,12?,13?,14?,15-,16-,17?,18+,20-,21-/m1/s1. The van der Waals surface area contributed by atoms with E-state index in [-0.39, 0.29) is 13.0 Å². The minimum Gasteiger partial charge on any atom is -0.459 e. The Morgan fingerprint density at radius 3 is 2.53 bits per heavy atom. The number of fused-ring (bicyclic) bond motifs is 2. The topological polar surface area (TPSA) is 166 Å². The molecule has 0 amide bonds. The number of aliphatic hydroxyl groups is 3. The summed E-state index contributed by atoms with van der Waals surface area (Å²) in [4.78, 5) is 49.0. The van der Waals surface area contributed by atoms with Gasteiger partial charge < -0.3 is 34.3 Å². The van der Waals surface area contributed by atoms with E-state index in [0.717, 1.165) is 13.8 Å². The number of ether oxygens (including phenoxy) is 4. The highest BCUT2D eigenvalue weighted by Crippen LogP contribution is 2.69. The molecule has 1 spiro atoms. The molecule has 2 saturated carbocycles. The van der Waals surface area contributed by atoms with E-state index in [4.69, 9.17) is 18.9 Å². The van der Waals surface area contributed by atoms with Gasteiger partial charge in [-0.15, -0.1) is 0 Å². The number of ketones is 1. The lowest BCUT2D eigenvalue weighted by molar-refractivity contribution is -0.335. The first kappa shape index (κ1) is 21.5. The number of allylic oxidation sites excluding steroid dienone is 1. The van der Waals surface area contributed by atoms with Crippen molar-refractivity contribution in [1.29, 1.82) is 0 Å². The lowest BCUT2D eigenvalue weighted by atomic mass is 9.44. The van der Waals surface area contributed by atoms with Crippen LogP contribution in [0.15, 0.2) is 12.2 Å². The summed E-state index contributed by atoms with van der Waals surface area (Å²) in [7, 11) is 0. The highest BCUT2D eigenvalue weighted by molar-refractivity contribution is 5.94. The molecule has 0 radical (unpaired) electrons. The van der Waals surface area contributed by atoms with Crippen LogP contribution in [0.1, 0.15) is 20.3 Å². The number of esters is 3. The summed E-state index contributed by atoms with van der Waals surface area (Å²) in [6, 6.07) is 0. The van der Waals surface area contributed by atoms with Gasteiger partial charge in [0.25, 0.3) is 0 Å². The molecule has 11 nitrogen and oxygen atoms in total. The Morgan fingerprint density at radius 2 is 1.88 bits per heavy atom. The van der Waals surface area contributed by atoms with Crippen LogP contribution >= 0.6 is 0 Å². The fourth-order valence-electron chi connectivity index (χ4n) is 6.91. The summed E-state index contributed by atoms with van der Waals surface area (Å²) in [6.07, 6.45) is -4.26. The van der Waals surface area contributed by atoms with E-state index in [1.54, 1.807) is 6.08 Å². The second kappa shape index (κ2) is 6.83. The van der Waals surface area contributed by atoms with Crippen LogP contribution < -0.4 is 0 Å². The average Bonchev–Trinajstić information content (AvgIpc) is 3.00. The Morgan fingerprint density at radius 1 is 1.16 bits per heavy atom. The Bertz CT molecular complexity index is 929. The van der Waals surface area contributed by atoms with E-state index < -0.39 is 89.1 Å². The lowest BCUT2D eigenvalue weighted by Crippen LogP contribution is -2.77. The third-order valence-corrected chi connectivity index (χ3v) is 7.83. The average molecular weight is 452 g/mol. The predicted molar refractivity (Wildman–Crippen MR) is 99.1 cm³/mol. The quantitative estimate of drug-likeness (QED) is 0.320. The van der Waals surface area contributed by atoms with E-state index in [2.05, 4.69) is 0 Å². The molecule has 0 aromatic rings. The van der Waals surface area contributed by atoms with E-state index in [0.29, 0.717) is 0 Å². The molecule has 5 aliphatic rings. The van der Waals surface area contributed by atoms with Gasteiger partial charge in [0, 0.05) is 25.7 Å². The van der Waals surface area contributed by atoms with Crippen LogP contribution in [0.4, 0.5) is 0 Å². The molecule has 6 unspecified atom stereocenters. The second-order valence-corrected chi connectivity index (χ2v) is 9.29. The van der Waals surface area contributed by atoms with Gasteiger partial charge in [0.15, 0.2) is 5.78 Å². The number of hydrogen-bond acceptors (Lipinski definition) is 11. The van der Waals surface area contributed by atoms with Crippen molar-refractivity contribution in [3.05, 3.63) is 12.2 Å². The molecule has 174 valence electrons. The summed E-state index contributed by atoms with van der Waals surface area (Å²) < 4.78 is 22.2.